The van der Waals surface area contributed by atoms with Crippen molar-refractivity contribution in [3.05, 3.63) is 76.2 Å². The van der Waals surface area contributed by atoms with Crippen LogP contribution >= 0.6 is 0 Å². The van der Waals surface area contributed by atoms with Crippen LogP contribution in [0, 0.1) is 6.92 Å². The van der Waals surface area contributed by atoms with E-state index in [1.807, 2.05) is 55.4 Å². The lowest BCUT2D eigenvalue weighted by atomic mass is 10.0. The fourth-order valence-electron chi connectivity index (χ4n) is 3.26. The SMILES string of the molecule is Cc1ccccc1CCC(=O)Nc1cccc2c(=O)n(CCN(C)C)ccc12. The minimum atomic E-state index is -0.0486. The summed E-state index contributed by atoms with van der Waals surface area (Å²) in [6, 6.07) is 15.5. The minimum Gasteiger partial charge on any atom is -0.326 e. The van der Waals surface area contributed by atoms with Crippen LogP contribution in [0.25, 0.3) is 10.8 Å². The summed E-state index contributed by atoms with van der Waals surface area (Å²) >= 11 is 0. The van der Waals surface area contributed by atoms with E-state index in [1.165, 1.54) is 11.1 Å². The fraction of sp³-hybridized carbons (Fsp3) is 0.304. The summed E-state index contributed by atoms with van der Waals surface area (Å²) in [5.41, 5.74) is 3.03. The minimum absolute atomic E-state index is 0.0321. The Hall–Kier alpha value is -2.92. The lowest BCUT2D eigenvalue weighted by Crippen LogP contribution is -2.26. The first-order valence-corrected chi connectivity index (χ1v) is 9.57. The second-order valence-electron chi connectivity index (χ2n) is 7.36. The Kier molecular flexibility index (Phi) is 6.26. The molecule has 0 spiro atoms. The molecule has 1 N–H and O–H groups in total. The summed E-state index contributed by atoms with van der Waals surface area (Å²) in [7, 11) is 3.97. The molecular formula is C23H27N3O2. The van der Waals surface area contributed by atoms with Crippen LogP contribution in [0.3, 0.4) is 0 Å². The summed E-state index contributed by atoms with van der Waals surface area (Å²) < 4.78 is 1.71. The maximum absolute atomic E-state index is 12.8. The van der Waals surface area contributed by atoms with E-state index in [4.69, 9.17) is 0 Å². The molecule has 5 heteroatoms. The number of amides is 1. The Morgan fingerprint density at radius 1 is 1.04 bits per heavy atom. The zero-order valence-electron chi connectivity index (χ0n) is 16.7. The molecule has 0 bridgehead atoms. The van der Waals surface area contributed by atoms with Crippen LogP contribution in [0.5, 0.6) is 0 Å². The van der Waals surface area contributed by atoms with Crippen molar-refractivity contribution in [1.82, 2.24) is 9.47 Å². The number of pyridine rings is 1. The second-order valence-corrected chi connectivity index (χ2v) is 7.36. The van der Waals surface area contributed by atoms with Crippen molar-refractivity contribution < 1.29 is 4.79 Å². The normalized spacial score (nSPS) is 11.1. The average molecular weight is 377 g/mol. The Morgan fingerprint density at radius 3 is 2.57 bits per heavy atom. The van der Waals surface area contributed by atoms with Gasteiger partial charge in [-0.1, -0.05) is 30.3 Å². The third kappa shape index (κ3) is 4.67. The molecule has 1 amide bonds. The number of nitrogens with one attached hydrogen (secondary N) is 1. The van der Waals surface area contributed by atoms with E-state index in [0.717, 1.165) is 11.9 Å². The highest BCUT2D eigenvalue weighted by molar-refractivity contribution is 6.01. The number of anilines is 1. The summed E-state index contributed by atoms with van der Waals surface area (Å²) in [4.78, 5) is 27.3. The number of hydrogen-bond donors (Lipinski definition) is 1. The number of hydrogen-bond acceptors (Lipinski definition) is 3. The van der Waals surface area contributed by atoms with Gasteiger partial charge < -0.3 is 14.8 Å². The highest BCUT2D eigenvalue weighted by Gasteiger charge is 2.10. The van der Waals surface area contributed by atoms with Crippen molar-refractivity contribution in [1.29, 1.82) is 0 Å². The van der Waals surface area contributed by atoms with Crippen LogP contribution in [0.15, 0.2) is 59.5 Å². The fourth-order valence-corrected chi connectivity index (χ4v) is 3.26. The Labute approximate surface area is 165 Å². The van der Waals surface area contributed by atoms with Gasteiger partial charge in [-0.05, 0) is 56.8 Å². The lowest BCUT2D eigenvalue weighted by Gasteiger charge is -2.13. The molecule has 3 aromatic rings. The molecule has 5 nitrogen and oxygen atoms in total. The van der Waals surface area contributed by atoms with Crippen LogP contribution in [0.4, 0.5) is 5.69 Å². The number of likely N-dealkylation sites (N-methyl/N-ethyl adjacent to an activating group) is 1. The molecule has 0 saturated heterocycles. The van der Waals surface area contributed by atoms with Crippen molar-refractivity contribution in [2.75, 3.05) is 26.0 Å². The van der Waals surface area contributed by atoms with E-state index in [-0.39, 0.29) is 11.5 Å². The molecule has 146 valence electrons. The quantitative estimate of drug-likeness (QED) is 0.686. The van der Waals surface area contributed by atoms with E-state index in [9.17, 15) is 9.59 Å². The summed E-state index contributed by atoms with van der Waals surface area (Å²) in [5, 5.41) is 4.38. The van der Waals surface area contributed by atoms with Gasteiger partial charge in [0.2, 0.25) is 5.91 Å². The van der Waals surface area contributed by atoms with Gasteiger partial charge >= 0.3 is 0 Å². The predicted molar refractivity (Wildman–Crippen MR) is 115 cm³/mol. The third-order valence-electron chi connectivity index (χ3n) is 4.96. The highest BCUT2D eigenvalue weighted by Crippen LogP contribution is 2.21. The summed E-state index contributed by atoms with van der Waals surface area (Å²) in [6.07, 6.45) is 2.90. The van der Waals surface area contributed by atoms with Gasteiger partial charge in [0.05, 0.1) is 0 Å². The standard InChI is InChI=1S/C23H27N3O2/c1-17-7-4-5-8-18(17)11-12-22(27)24-21-10-6-9-20-19(21)13-14-26(23(20)28)16-15-25(2)3/h4-10,13-14H,11-12,15-16H2,1-3H3,(H,24,27). The molecule has 0 fully saturated rings. The number of carbonyl (C=O) groups excluding carboxylic acids is 1. The van der Waals surface area contributed by atoms with Crippen molar-refractivity contribution in [2.24, 2.45) is 0 Å². The van der Waals surface area contributed by atoms with E-state index < -0.39 is 0 Å². The molecule has 0 aliphatic heterocycles. The molecule has 0 aliphatic rings. The van der Waals surface area contributed by atoms with Gasteiger partial charge in [0.15, 0.2) is 0 Å². The summed E-state index contributed by atoms with van der Waals surface area (Å²) in [6.45, 7) is 3.48. The highest BCUT2D eigenvalue weighted by atomic mass is 16.1. The topological polar surface area (TPSA) is 54.3 Å². The largest absolute Gasteiger partial charge is 0.326 e. The zero-order valence-corrected chi connectivity index (χ0v) is 16.7. The van der Waals surface area contributed by atoms with Gasteiger partial charge in [-0.25, -0.2) is 0 Å². The van der Waals surface area contributed by atoms with Crippen molar-refractivity contribution >= 4 is 22.4 Å². The molecule has 0 unspecified atom stereocenters. The molecule has 0 radical (unpaired) electrons. The third-order valence-corrected chi connectivity index (χ3v) is 4.96. The van der Waals surface area contributed by atoms with Gasteiger partial charge in [-0.3, -0.25) is 9.59 Å². The number of aryl methyl sites for hydroxylation is 2. The first-order valence-electron chi connectivity index (χ1n) is 9.57. The molecule has 28 heavy (non-hydrogen) atoms. The first-order chi connectivity index (χ1) is 13.5. The average Bonchev–Trinajstić information content (AvgIpc) is 2.67. The maximum atomic E-state index is 12.8. The van der Waals surface area contributed by atoms with Gasteiger partial charge in [-0.2, -0.15) is 0 Å². The van der Waals surface area contributed by atoms with Crippen LogP contribution in [0.2, 0.25) is 0 Å². The molecule has 0 saturated carbocycles. The monoisotopic (exact) mass is 377 g/mol. The Morgan fingerprint density at radius 2 is 1.82 bits per heavy atom. The number of aromatic nitrogens is 1. The van der Waals surface area contributed by atoms with E-state index in [0.29, 0.717) is 30.5 Å². The summed E-state index contributed by atoms with van der Waals surface area (Å²) in [5.74, 6) is -0.0486. The second kappa shape index (κ2) is 8.85. The molecule has 3 rings (SSSR count). The number of carbonyl (C=O) groups is 1. The van der Waals surface area contributed by atoms with E-state index in [2.05, 4.69) is 24.4 Å². The number of fused-ring (bicyclic) bond motifs is 1. The molecule has 0 aliphatic carbocycles. The van der Waals surface area contributed by atoms with Gasteiger partial charge in [0, 0.05) is 42.2 Å². The number of rotatable bonds is 7. The van der Waals surface area contributed by atoms with Crippen LogP contribution in [0.1, 0.15) is 17.5 Å². The van der Waals surface area contributed by atoms with E-state index in [1.54, 1.807) is 10.8 Å². The van der Waals surface area contributed by atoms with Crippen molar-refractivity contribution in [2.45, 2.75) is 26.3 Å². The lowest BCUT2D eigenvalue weighted by molar-refractivity contribution is -0.116. The number of benzene rings is 2. The van der Waals surface area contributed by atoms with Gasteiger partial charge in [0.25, 0.3) is 5.56 Å². The van der Waals surface area contributed by atoms with Crippen LogP contribution in [-0.4, -0.2) is 36.0 Å². The molecule has 2 aromatic carbocycles. The smallest absolute Gasteiger partial charge is 0.258 e. The molecule has 1 heterocycles. The van der Waals surface area contributed by atoms with Gasteiger partial charge in [-0.15, -0.1) is 0 Å². The van der Waals surface area contributed by atoms with Crippen LogP contribution in [-0.2, 0) is 17.8 Å². The van der Waals surface area contributed by atoms with Gasteiger partial charge in [0.1, 0.15) is 0 Å². The number of nitrogens with zero attached hydrogens (tertiary/aromatic N) is 2. The molecular weight excluding hydrogens is 350 g/mol. The van der Waals surface area contributed by atoms with Crippen molar-refractivity contribution in [3.8, 4) is 0 Å². The predicted octanol–water partition coefficient (Wildman–Crippen LogP) is 3.44. The molecule has 0 atom stereocenters. The maximum Gasteiger partial charge on any atom is 0.258 e. The zero-order chi connectivity index (χ0) is 20.1. The van der Waals surface area contributed by atoms with Crippen LogP contribution < -0.4 is 10.9 Å². The Balaban J connectivity index is 1.76. The first kappa shape index (κ1) is 19.8. The molecule has 1 aromatic heterocycles. The van der Waals surface area contributed by atoms with Crippen molar-refractivity contribution in [3.63, 3.8) is 0 Å². The van der Waals surface area contributed by atoms with E-state index >= 15 is 0 Å². The Bertz CT molecular complexity index is 1040.